The topological polar surface area (TPSA) is 71.0 Å². The number of amides is 1. The van der Waals surface area contributed by atoms with E-state index >= 15 is 0 Å². The Morgan fingerprint density at radius 2 is 1.75 bits per heavy atom. The SMILES string of the molecule is COc1cc(CN2C[C@H]3C[C@@H](NC(C)=O)[C@H](O)C[C@H]3C2)ccc1OCc1ccc(C)cc1. The average molecular weight is 439 g/mol. The van der Waals surface area contributed by atoms with Gasteiger partial charge in [0.05, 0.1) is 19.3 Å². The third kappa shape index (κ3) is 5.43. The Kier molecular flexibility index (Phi) is 7.01. The van der Waals surface area contributed by atoms with Crippen LogP contribution in [0.4, 0.5) is 0 Å². The molecule has 2 aliphatic rings. The molecule has 4 atom stereocenters. The van der Waals surface area contributed by atoms with Crippen LogP contribution in [0.5, 0.6) is 11.5 Å². The van der Waals surface area contributed by atoms with Gasteiger partial charge < -0.3 is 19.9 Å². The molecule has 0 aromatic heterocycles. The normalized spacial score (nSPS) is 25.2. The molecule has 172 valence electrons. The van der Waals surface area contributed by atoms with Crippen molar-refractivity contribution < 1.29 is 19.4 Å². The van der Waals surface area contributed by atoms with Gasteiger partial charge in [0.1, 0.15) is 6.61 Å². The summed E-state index contributed by atoms with van der Waals surface area (Å²) >= 11 is 0. The van der Waals surface area contributed by atoms with Crippen molar-refractivity contribution in [3.8, 4) is 11.5 Å². The molecule has 0 spiro atoms. The molecular weight excluding hydrogens is 404 g/mol. The Hall–Kier alpha value is -2.57. The highest BCUT2D eigenvalue weighted by atomic mass is 16.5. The van der Waals surface area contributed by atoms with Gasteiger partial charge in [0.15, 0.2) is 11.5 Å². The van der Waals surface area contributed by atoms with Crippen LogP contribution >= 0.6 is 0 Å². The molecule has 6 heteroatoms. The Balaban J connectivity index is 1.35. The number of fused-ring (bicyclic) bond motifs is 1. The summed E-state index contributed by atoms with van der Waals surface area (Å²) < 4.78 is 11.6. The van der Waals surface area contributed by atoms with Gasteiger partial charge in [0.25, 0.3) is 0 Å². The zero-order valence-corrected chi connectivity index (χ0v) is 19.2. The minimum absolute atomic E-state index is 0.0702. The van der Waals surface area contributed by atoms with E-state index in [1.807, 2.05) is 6.07 Å². The summed E-state index contributed by atoms with van der Waals surface area (Å²) in [6.45, 7) is 6.89. The number of aliphatic hydroxyl groups is 1. The van der Waals surface area contributed by atoms with E-state index < -0.39 is 6.10 Å². The van der Waals surface area contributed by atoms with Crippen LogP contribution < -0.4 is 14.8 Å². The maximum Gasteiger partial charge on any atom is 0.217 e. The second-order valence-corrected chi connectivity index (χ2v) is 9.32. The summed E-state index contributed by atoms with van der Waals surface area (Å²) in [6.07, 6.45) is 1.14. The molecule has 2 N–H and O–H groups in total. The first-order valence-corrected chi connectivity index (χ1v) is 11.4. The number of likely N-dealkylation sites (tertiary alicyclic amines) is 1. The number of rotatable bonds is 7. The summed E-state index contributed by atoms with van der Waals surface area (Å²) in [7, 11) is 1.67. The number of methoxy groups -OCH3 is 1. The Morgan fingerprint density at radius 3 is 2.44 bits per heavy atom. The van der Waals surface area contributed by atoms with Crippen molar-refractivity contribution in [3.05, 3.63) is 59.2 Å². The fraction of sp³-hybridized carbons (Fsp3) is 0.500. The van der Waals surface area contributed by atoms with Crippen LogP contribution in [0.15, 0.2) is 42.5 Å². The lowest BCUT2D eigenvalue weighted by molar-refractivity contribution is -0.121. The maximum absolute atomic E-state index is 11.4. The Bertz CT molecular complexity index is 930. The van der Waals surface area contributed by atoms with Gasteiger partial charge in [-0.2, -0.15) is 0 Å². The summed E-state index contributed by atoms with van der Waals surface area (Å²) in [6, 6.07) is 14.4. The van der Waals surface area contributed by atoms with E-state index in [0.29, 0.717) is 18.4 Å². The molecule has 1 heterocycles. The van der Waals surface area contributed by atoms with Crippen molar-refractivity contribution in [1.82, 2.24) is 10.2 Å². The van der Waals surface area contributed by atoms with Gasteiger partial charge in [-0.1, -0.05) is 35.9 Å². The molecule has 1 aliphatic heterocycles. The van der Waals surface area contributed by atoms with Crippen LogP contribution in [-0.4, -0.2) is 48.3 Å². The molecule has 2 aromatic carbocycles. The molecule has 0 unspecified atom stereocenters. The van der Waals surface area contributed by atoms with Crippen LogP contribution in [0.25, 0.3) is 0 Å². The van der Waals surface area contributed by atoms with Crippen LogP contribution in [0.1, 0.15) is 36.5 Å². The van der Waals surface area contributed by atoms with Gasteiger partial charge in [-0.15, -0.1) is 0 Å². The number of carbonyl (C=O) groups excluding carboxylic acids is 1. The maximum atomic E-state index is 11.4. The molecule has 4 rings (SSSR count). The van der Waals surface area contributed by atoms with E-state index in [1.54, 1.807) is 7.11 Å². The second kappa shape index (κ2) is 9.92. The highest BCUT2D eigenvalue weighted by Gasteiger charge is 2.41. The predicted molar refractivity (Wildman–Crippen MR) is 124 cm³/mol. The van der Waals surface area contributed by atoms with Gasteiger partial charge in [-0.3, -0.25) is 9.69 Å². The van der Waals surface area contributed by atoms with Crippen molar-refractivity contribution in [2.45, 2.75) is 52.0 Å². The molecule has 1 saturated heterocycles. The van der Waals surface area contributed by atoms with Crippen LogP contribution in [0.3, 0.4) is 0 Å². The summed E-state index contributed by atoms with van der Waals surface area (Å²) in [5.41, 5.74) is 3.54. The molecule has 0 radical (unpaired) electrons. The van der Waals surface area contributed by atoms with E-state index in [1.165, 1.54) is 18.1 Å². The van der Waals surface area contributed by atoms with E-state index in [2.05, 4.69) is 53.5 Å². The zero-order chi connectivity index (χ0) is 22.7. The van der Waals surface area contributed by atoms with Crippen molar-refractivity contribution in [3.63, 3.8) is 0 Å². The first-order chi connectivity index (χ1) is 15.4. The number of aryl methyl sites for hydroxylation is 1. The average Bonchev–Trinajstić information content (AvgIpc) is 3.14. The number of nitrogens with one attached hydrogen (secondary N) is 1. The van der Waals surface area contributed by atoms with Crippen molar-refractivity contribution in [2.75, 3.05) is 20.2 Å². The van der Waals surface area contributed by atoms with Crippen molar-refractivity contribution in [1.29, 1.82) is 0 Å². The van der Waals surface area contributed by atoms with E-state index in [-0.39, 0.29) is 11.9 Å². The quantitative estimate of drug-likeness (QED) is 0.694. The van der Waals surface area contributed by atoms with Gasteiger partial charge in [-0.05, 0) is 54.9 Å². The first-order valence-electron chi connectivity index (χ1n) is 11.4. The van der Waals surface area contributed by atoms with Gasteiger partial charge in [0, 0.05) is 26.6 Å². The van der Waals surface area contributed by atoms with Gasteiger partial charge in [-0.25, -0.2) is 0 Å². The molecule has 1 aliphatic carbocycles. The third-order valence-corrected chi connectivity index (χ3v) is 6.76. The number of carbonyl (C=O) groups is 1. The first kappa shape index (κ1) is 22.6. The smallest absolute Gasteiger partial charge is 0.217 e. The number of hydrogen-bond acceptors (Lipinski definition) is 5. The van der Waals surface area contributed by atoms with Crippen LogP contribution in [-0.2, 0) is 17.9 Å². The molecule has 2 fully saturated rings. The standard InChI is InChI=1S/C26H34N2O4/c1-17-4-6-19(7-5-17)16-32-25-9-8-20(10-26(25)31-3)13-28-14-21-11-23(27-18(2)29)24(30)12-22(21)15-28/h4-10,21-24,30H,11-16H2,1-3H3,(H,27,29)/t21-,22+,23-,24-/m1/s1. The minimum atomic E-state index is -0.454. The predicted octanol–water partition coefficient (Wildman–Crippen LogP) is 3.29. The highest BCUT2D eigenvalue weighted by molar-refractivity contribution is 5.73. The zero-order valence-electron chi connectivity index (χ0n) is 19.2. The molecule has 0 bridgehead atoms. The molecule has 1 saturated carbocycles. The fourth-order valence-electron chi connectivity index (χ4n) is 5.11. The second-order valence-electron chi connectivity index (χ2n) is 9.32. The van der Waals surface area contributed by atoms with Crippen molar-refractivity contribution in [2.24, 2.45) is 11.8 Å². The molecule has 1 amide bonds. The summed E-state index contributed by atoms with van der Waals surface area (Å²) in [5.74, 6) is 2.41. The monoisotopic (exact) mass is 438 g/mol. The number of aliphatic hydroxyl groups excluding tert-OH is 1. The highest BCUT2D eigenvalue weighted by Crippen LogP contribution is 2.38. The van der Waals surface area contributed by atoms with Crippen LogP contribution in [0, 0.1) is 18.8 Å². The number of hydrogen-bond donors (Lipinski definition) is 2. The van der Waals surface area contributed by atoms with E-state index in [4.69, 9.17) is 9.47 Å². The fourth-order valence-corrected chi connectivity index (χ4v) is 5.11. The molecule has 32 heavy (non-hydrogen) atoms. The van der Waals surface area contributed by atoms with Crippen molar-refractivity contribution >= 4 is 5.91 Å². The number of benzene rings is 2. The minimum Gasteiger partial charge on any atom is -0.493 e. The number of nitrogens with zero attached hydrogens (tertiary/aromatic N) is 1. The van der Waals surface area contributed by atoms with Gasteiger partial charge in [0.2, 0.25) is 5.91 Å². The lowest BCUT2D eigenvalue weighted by Crippen LogP contribution is -2.48. The van der Waals surface area contributed by atoms with Crippen LogP contribution in [0.2, 0.25) is 0 Å². The lowest BCUT2D eigenvalue weighted by atomic mass is 9.77. The summed E-state index contributed by atoms with van der Waals surface area (Å²) in [4.78, 5) is 13.9. The van der Waals surface area contributed by atoms with Gasteiger partial charge >= 0.3 is 0 Å². The van der Waals surface area contributed by atoms with E-state index in [0.717, 1.165) is 49.5 Å². The molecular formula is C26H34N2O4. The molecule has 6 nitrogen and oxygen atoms in total. The number of ether oxygens (including phenoxy) is 2. The molecule has 2 aromatic rings. The third-order valence-electron chi connectivity index (χ3n) is 6.76. The lowest BCUT2D eigenvalue weighted by Gasteiger charge is -2.35. The largest absolute Gasteiger partial charge is 0.493 e. The Morgan fingerprint density at radius 1 is 1.06 bits per heavy atom. The Labute approximate surface area is 190 Å². The summed E-state index contributed by atoms with van der Waals surface area (Å²) in [5, 5.41) is 13.3. The van der Waals surface area contributed by atoms with E-state index in [9.17, 15) is 9.90 Å².